The van der Waals surface area contributed by atoms with Crippen LogP contribution in [0.25, 0.3) is 0 Å². The lowest BCUT2D eigenvalue weighted by atomic mass is 10.2. The number of amides is 1. The molecule has 2 rings (SSSR count). The van der Waals surface area contributed by atoms with E-state index >= 15 is 0 Å². The summed E-state index contributed by atoms with van der Waals surface area (Å²) >= 11 is 1.43. The Labute approximate surface area is 206 Å². The number of carbonyl (C=O) groups excluding carboxylic acids is 2. The zero-order valence-electron chi connectivity index (χ0n) is 20.9. The molecule has 0 bridgehead atoms. The van der Waals surface area contributed by atoms with E-state index in [1.165, 1.54) is 23.9 Å². The number of nitrogens with zero attached hydrogens (tertiary/aromatic N) is 2. The monoisotopic (exact) mass is 512 g/mol. The third-order valence-corrected chi connectivity index (χ3v) is 11.8. The van der Waals surface area contributed by atoms with E-state index in [-0.39, 0.29) is 41.2 Å². The number of benzene rings is 1. The molecule has 0 N–H and O–H groups in total. The van der Waals surface area contributed by atoms with Gasteiger partial charge in [-0.15, -0.1) is 11.8 Å². The van der Waals surface area contributed by atoms with Crippen LogP contribution in [0.2, 0.25) is 18.1 Å². The smallest absolute Gasteiger partial charge is 0.410 e. The molecular weight excluding hydrogens is 476 g/mol. The van der Waals surface area contributed by atoms with Crippen molar-refractivity contribution in [2.45, 2.75) is 71.0 Å². The average molecular weight is 513 g/mol. The Morgan fingerprint density at radius 2 is 1.85 bits per heavy atom. The van der Waals surface area contributed by atoms with Crippen molar-refractivity contribution in [1.82, 2.24) is 4.90 Å². The predicted molar refractivity (Wildman–Crippen MR) is 134 cm³/mol. The van der Waals surface area contributed by atoms with Crippen LogP contribution in [-0.4, -0.2) is 67.0 Å². The summed E-state index contributed by atoms with van der Waals surface area (Å²) in [4.78, 5) is 36.7. The van der Waals surface area contributed by atoms with Gasteiger partial charge in [-0.25, -0.2) is 4.79 Å². The Morgan fingerprint density at radius 3 is 2.41 bits per heavy atom. The standard InChI is InChI=1S/C23H36N2O7SSi/c1-7-30-21(26)16-33-15-19-12-20(32-34(5,6)23(2,3)4)13-24(19)22(27)31-14-17-8-10-18(11-9-17)25(28)29/h8-11,19-20H,7,12-16H2,1-6H3/t19-,20-/m0/s1. The molecule has 1 aliphatic rings. The zero-order chi connectivity index (χ0) is 25.5. The number of nitro groups is 1. The molecule has 1 saturated heterocycles. The maximum Gasteiger partial charge on any atom is 0.410 e. The van der Waals surface area contributed by atoms with Crippen molar-refractivity contribution in [1.29, 1.82) is 0 Å². The fourth-order valence-corrected chi connectivity index (χ4v) is 5.67. The molecule has 0 saturated carbocycles. The molecule has 1 aromatic carbocycles. The van der Waals surface area contributed by atoms with E-state index in [4.69, 9.17) is 13.9 Å². The summed E-state index contributed by atoms with van der Waals surface area (Å²) < 4.78 is 17.1. The number of nitro benzene ring substituents is 1. The van der Waals surface area contributed by atoms with Crippen LogP contribution in [0.5, 0.6) is 0 Å². The van der Waals surface area contributed by atoms with Crippen molar-refractivity contribution in [3.05, 3.63) is 39.9 Å². The molecule has 0 aliphatic carbocycles. The molecule has 11 heteroatoms. The number of ether oxygens (including phenoxy) is 2. The molecule has 1 amide bonds. The summed E-state index contributed by atoms with van der Waals surface area (Å²) in [6, 6.07) is 5.80. The highest BCUT2D eigenvalue weighted by Gasteiger charge is 2.44. The first-order chi connectivity index (χ1) is 15.8. The molecule has 9 nitrogen and oxygen atoms in total. The SMILES string of the molecule is CCOC(=O)CSC[C@@H]1C[C@H](O[Si](C)(C)C(C)(C)C)CN1C(=O)OCc1ccc([N+](=O)[O-])cc1. The number of carbonyl (C=O) groups is 2. The third-order valence-electron chi connectivity index (χ3n) is 6.22. The van der Waals surface area contributed by atoms with Crippen LogP contribution in [0, 0.1) is 10.1 Å². The summed E-state index contributed by atoms with van der Waals surface area (Å²) in [5.41, 5.74) is 0.652. The van der Waals surface area contributed by atoms with Crippen LogP contribution in [0.15, 0.2) is 24.3 Å². The Balaban J connectivity index is 2.03. The number of hydrogen-bond donors (Lipinski definition) is 0. The predicted octanol–water partition coefficient (Wildman–Crippen LogP) is 4.99. The molecule has 0 aromatic heterocycles. The van der Waals surface area contributed by atoms with Gasteiger partial charge in [0.15, 0.2) is 8.32 Å². The second-order valence-electron chi connectivity index (χ2n) is 9.84. The van der Waals surface area contributed by atoms with Gasteiger partial charge in [0.05, 0.1) is 23.4 Å². The summed E-state index contributed by atoms with van der Waals surface area (Å²) in [5, 5.41) is 10.9. The van der Waals surface area contributed by atoms with Crippen LogP contribution in [-0.2, 0) is 25.3 Å². The number of esters is 1. The Morgan fingerprint density at radius 1 is 1.21 bits per heavy atom. The van der Waals surface area contributed by atoms with E-state index in [1.54, 1.807) is 24.0 Å². The van der Waals surface area contributed by atoms with E-state index in [0.29, 0.717) is 30.9 Å². The van der Waals surface area contributed by atoms with Gasteiger partial charge in [-0.3, -0.25) is 14.9 Å². The molecular formula is C23H36N2O7SSi. The summed E-state index contributed by atoms with van der Waals surface area (Å²) in [6.45, 7) is 13.5. The van der Waals surface area contributed by atoms with Gasteiger partial charge in [-0.2, -0.15) is 0 Å². The second-order valence-corrected chi connectivity index (χ2v) is 15.6. The van der Waals surface area contributed by atoms with E-state index in [1.807, 2.05) is 0 Å². The van der Waals surface area contributed by atoms with Gasteiger partial charge in [0, 0.05) is 30.5 Å². The highest BCUT2D eigenvalue weighted by Crippen LogP contribution is 2.39. The van der Waals surface area contributed by atoms with Crippen molar-refractivity contribution in [3.63, 3.8) is 0 Å². The Kier molecular flexibility index (Phi) is 9.95. The largest absolute Gasteiger partial charge is 0.465 e. The summed E-state index contributed by atoms with van der Waals surface area (Å²) in [5.74, 6) is 0.527. The maximum absolute atomic E-state index is 13.0. The van der Waals surface area contributed by atoms with Crippen molar-refractivity contribution in [2.24, 2.45) is 0 Å². The van der Waals surface area contributed by atoms with Gasteiger partial charge >= 0.3 is 12.1 Å². The van der Waals surface area contributed by atoms with Gasteiger partial charge in [0.2, 0.25) is 0 Å². The Hall–Kier alpha value is -2.11. The van der Waals surface area contributed by atoms with E-state index in [0.717, 1.165) is 0 Å². The van der Waals surface area contributed by atoms with Crippen molar-refractivity contribution in [2.75, 3.05) is 24.7 Å². The number of rotatable bonds is 10. The fourth-order valence-electron chi connectivity index (χ4n) is 3.36. The lowest BCUT2D eigenvalue weighted by Gasteiger charge is -2.38. The summed E-state index contributed by atoms with van der Waals surface area (Å²) in [6.07, 6.45) is 0.122. The van der Waals surface area contributed by atoms with Gasteiger partial charge in [-0.05, 0) is 49.2 Å². The molecule has 1 aromatic rings. The molecule has 0 unspecified atom stereocenters. The van der Waals surface area contributed by atoms with Crippen molar-refractivity contribution >= 4 is 37.8 Å². The quantitative estimate of drug-likeness (QED) is 0.187. The second kappa shape index (κ2) is 12.0. The zero-order valence-corrected chi connectivity index (χ0v) is 22.7. The van der Waals surface area contributed by atoms with Crippen molar-refractivity contribution < 1.29 is 28.4 Å². The number of thioether (sulfide) groups is 1. The molecule has 1 aliphatic heterocycles. The first kappa shape index (κ1) is 28.1. The molecule has 1 heterocycles. The van der Waals surface area contributed by atoms with E-state index < -0.39 is 19.3 Å². The average Bonchev–Trinajstić information content (AvgIpc) is 3.13. The minimum Gasteiger partial charge on any atom is -0.465 e. The summed E-state index contributed by atoms with van der Waals surface area (Å²) in [7, 11) is -2.02. The lowest BCUT2D eigenvalue weighted by molar-refractivity contribution is -0.384. The van der Waals surface area contributed by atoms with Gasteiger partial charge in [-0.1, -0.05) is 20.8 Å². The molecule has 1 fully saturated rings. The highest BCUT2D eigenvalue weighted by atomic mass is 32.2. The van der Waals surface area contributed by atoms with Gasteiger partial charge in [0.25, 0.3) is 5.69 Å². The first-order valence-corrected chi connectivity index (χ1v) is 15.5. The Bertz CT molecular complexity index is 858. The molecule has 190 valence electrons. The van der Waals surface area contributed by atoms with Crippen LogP contribution in [0.3, 0.4) is 0 Å². The van der Waals surface area contributed by atoms with Gasteiger partial charge in [0.1, 0.15) is 6.61 Å². The molecule has 0 spiro atoms. The van der Waals surface area contributed by atoms with Gasteiger partial charge < -0.3 is 18.8 Å². The molecule has 2 atom stereocenters. The van der Waals surface area contributed by atoms with Crippen molar-refractivity contribution in [3.8, 4) is 0 Å². The van der Waals surface area contributed by atoms with E-state index in [2.05, 4.69) is 33.9 Å². The topological polar surface area (TPSA) is 108 Å². The highest BCUT2D eigenvalue weighted by molar-refractivity contribution is 7.99. The van der Waals surface area contributed by atoms with Crippen LogP contribution in [0.1, 0.15) is 39.7 Å². The number of likely N-dealkylation sites (tertiary alicyclic amines) is 1. The first-order valence-electron chi connectivity index (χ1n) is 11.4. The third kappa shape index (κ3) is 7.98. The lowest BCUT2D eigenvalue weighted by Crippen LogP contribution is -2.44. The van der Waals surface area contributed by atoms with E-state index in [9.17, 15) is 19.7 Å². The molecule has 34 heavy (non-hydrogen) atoms. The van der Waals surface area contributed by atoms with Crippen LogP contribution < -0.4 is 0 Å². The molecule has 0 radical (unpaired) electrons. The number of non-ortho nitro benzene ring substituents is 1. The number of hydrogen-bond acceptors (Lipinski definition) is 8. The maximum atomic E-state index is 13.0. The minimum atomic E-state index is -2.02. The minimum absolute atomic E-state index is 0.0149. The van der Waals surface area contributed by atoms with Crippen LogP contribution >= 0.6 is 11.8 Å². The normalized spacial score (nSPS) is 18.6. The fraction of sp³-hybridized carbons (Fsp3) is 0.652. The van der Waals surface area contributed by atoms with Crippen LogP contribution in [0.4, 0.5) is 10.5 Å².